The summed E-state index contributed by atoms with van der Waals surface area (Å²) in [6, 6.07) is 1.75. The second kappa shape index (κ2) is 4.06. The standard InChI is InChI=1S/C12H11N5OS/c18-11-8-3-4-13-7-9(8)10-14-15-12-17(10)16(11)5-1-2-6-19-12/h3-4,7H,1-2,5-6H2. The number of hydrogen-bond donors (Lipinski definition) is 0. The number of nitrogens with zero attached hydrogens (tertiary/aromatic N) is 5. The third kappa shape index (κ3) is 1.51. The van der Waals surface area contributed by atoms with E-state index in [1.165, 1.54) is 0 Å². The van der Waals surface area contributed by atoms with Gasteiger partial charge in [-0.1, -0.05) is 11.8 Å². The summed E-state index contributed by atoms with van der Waals surface area (Å²) < 4.78 is 3.59. The molecule has 0 bridgehead atoms. The van der Waals surface area contributed by atoms with Crippen molar-refractivity contribution in [3.8, 4) is 0 Å². The van der Waals surface area contributed by atoms with E-state index in [1.54, 1.807) is 34.9 Å². The minimum Gasteiger partial charge on any atom is -0.267 e. The summed E-state index contributed by atoms with van der Waals surface area (Å²) in [5, 5.41) is 10.7. The molecule has 0 saturated heterocycles. The van der Waals surface area contributed by atoms with E-state index >= 15 is 0 Å². The Hall–Kier alpha value is -1.89. The van der Waals surface area contributed by atoms with Crippen LogP contribution >= 0.6 is 11.8 Å². The van der Waals surface area contributed by atoms with Gasteiger partial charge in [0.15, 0.2) is 5.65 Å². The van der Waals surface area contributed by atoms with Gasteiger partial charge < -0.3 is 0 Å². The Morgan fingerprint density at radius 2 is 2.16 bits per heavy atom. The maximum atomic E-state index is 12.6. The van der Waals surface area contributed by atoms with Crippen molar-refractivity contribution in [3.05, 3.63) is 28.8 Å². The summed E-state index contributed by atoms with van der Waals surface area (Å²) in [5.41, 5.74) is 0.723. The average Bonchev–Trinajstić information content (AvgIpc) is 2.82. The lowest BCUT2D eigenvalue weighted by molar-refractivity contribution is 0.494. The fourth-order valence-electron chi connectivity index (χ4n) is 2.46. The van der Waals surface area contributed by atoms with Gasteiger partial charge in [-0.3, -0.25) is 9.78 Å². The highest BCUT2D eigenvalue weighted by Crippen LogP contribution is 2.23. The second-order valence-corrected chi connectivity index (χ2v) is 5.59. The molecule has 3 aromatic rings. The fourth-order valence-corrected chi connectivity index (χ4v) is 3.40. The Kier molecular flexibility index (Phi) is 2.34. The molecule has 1 aliphatic rings. The molecule has 19 heavy (non-hydrogen) atoms. The number of thioether (sulfide) groups is 1. The third-order valence-electron chi connectivity index (χ3n) is 3.38. The van der Waals surface area contributed by atoms with E-state index in [2.05, 4.69) is 15.2 Å². The lowest BCUT2D eigenvalue weighted by Crippen LogP contribution is -2.28. The average molecular weight is 273 g/mol. The van der Waals surface area contributed by atoms with Gasteiger partial charge in [0.25, 0.3) is 5.56 Å². The molecule has 0 atom stereocenters. The molecule has 0 aromatic carbocycles. The first-order chi connectivity index (χ1) is 9.36. The molecule has 0 unspecified atom stereocenters. The molecule has 0 spiro atoms. The highest BCUT2D eigenvalue weighted by atomic mass is 32.2. The van der Waals surface area contributed by atoms with Crippen molar-refractivity contribution < 1.29 is 0 Å². The van der Waals surface area contributed by atoms with Crippen LogP contribution in [-0.4, -0.2) is 30.1 Å². The zero-order chi connectivity index (χ0) is 12.8. The summed E-state index contributed by atoms with van der Waals surface area (Å²) in [7, 11) is 0. The topological polar surface area (TPSA) is 65.1 Å². The van der Waals surface area contributed by atoms with Crippen LogP contribution in [0.3, 0.4) is 0 Å². The van der Waals surface area contributed by atoms with Gasteiger partial charge in [0.1, 0.15) is 0 Å². The second-order valence-electron chi connectivity index (χ2n) is 4.52. The zero-order valence-corrected chi connectivity index (χ0v) is 10.9. The normalized spacial score (nSPS) is 15.6. The summed E-state index contributed by atoms with van der Waals surface area (Å²) in [6.07, 6.45) is 5.41. The van der Waals surface area contributed by atoms with Gasteiger partial charge in [0, 0.05) is 24.7 Å². The first kappa shape index (κ1) is 11.0. The molecule has 0 radical (unpaired) electrons. The maximum absolute atomic E-state index is 12.6. The highest BCUT2D eigenvalue weighted by Gasteiger charge is 2.17. The molecule has 0 aliphatic carbocycles. The maximum Gasteiger partial charge on any atom is 0.273 e. The molecule has 96 valence electrons. The number of aryl methyl sites for hydroxylation is 1. The Bertz CT molecular complexity index is 837. The van der Waals surface area contributed by atoms with E-state index in [4.69, 9.17) is 0 Å². The van der Waals surface area contributed by atoms with E-state index in [0.29, 0.717) is 17.6 Å². The van der Waals surface area contributed by atoms with Crippen LogP contribution in [0.15, 0.2) is 28.4 Å². The predicted octanol–water partition coefficient (Wildman–Crippen LogP) is 1.33. The first-order valence-electron chi connectivity index (χ1n) is 6.21. The van der Waals surface area contributed by atoms with Crippen molar-refractivity contribution in [2.24, 2.45) is 0 Å². The van der Waals surface area contributed by atoms with Crippen LogP contribution in [0.25, 0.3) is 16.4 Å². The van der Waals surface area contributed by atoms with E-state index in [1.807, 2.05) is 4.52 Å². The molecule has 0 fully saturated rings. The predicted molar refractivity (Wildman–Crippen MR) is 72.5 cm³/mol. The first-order valence-corrected chi connectivity index (χ1v) is 7.19. The van der Waals surface area contributed by atoms with Gasteiger partial charge in [-0.15, -0.1) is 10.2 Å². The lowest BCUT2D eigenvalue weighted by Gasteiger charge is -2.14. The molecule has 0 amide bonds. The van der Waals surface area contributed by atoms with Crippen LogP contribution in [0, 0.1) is 0 Å². The highest BCUT2D eigenvalue weighted by molar-refractivity contribution is 7.99. The quantitative estimate of drug-likeness (QED) is 0.618. The van der Waals surface area contributed by atoms with Crippen molar-refractivity contribution >= 4 is 28.2 Å². The molecular weight excluding hydrogens is 262 g/mol. The SMILES string of the molecule is O=c1c2ccncc2c2nnc3n2n1CCCCS3. The molecule has 3 aromatic heterocycles. The van der Waals surface area contributed by atoms with Crippen molar-refractivity contribution in [1.29, 1.82) is 0 Å². The van der Waals surface area contributed by atoms with Crippen LogP contribution in [0.2, 0.25) is 0 Å². The van der Waals surface area contributed by atoms with E-state index < -0.39 is 0 Å². The molecule has 0 N–H and O–H groups in total. The summed E-state index contributed by atoms with van der Waals surface area (Å²) >= 11 is 1.65. The Morgan fingerprint density at radius 3 is 3.11 bits per heavy atom. The minimum absolute atomic E-state index is 0.00782. The third-order valence-corrected chi connectivity index (χ3v) is 4.38. The van der Waals surface area contributed by atoms with Crippen molar-refractivity contribution in [1.82, 2.24) is 24.4 Å². The summed E-state index contributed by atoms with van der Waals surface area (Å²) in [4.78, 5) is 16.7. The van der Waals surface area contributed by atoms with Crippen molar-refractivity contribution in [2.75, 3.05) is 5.75 Å². The molecule has 4 heterocycles. The van der Waals surface area contributed by atoms with E-state index in [-0.39, 0.29) is 5.56 Å². The number of aromatic nitrogens is 5. The molecule has 6 nitrogen and oxygen atoms in total. The molecule has 0 saturated carbocycles. The van der Waals surface area contributed by atoms with Gasteiger partial charge in [-0.05, 0) is 18.9 Å². The van der Waals surface area contributed by atoms with Gasteiger partial charge in [0.2, 0.25) is 5.16 Å². The molecule has 7 heteroatoms. The van der Waals surface area contributed by atoms with Crippen molar-refractivity contribution in [3.63, 3.8) is 0 Å². The number of hydrogen-bond acceptors (Lipinski definition) is 5. The Labute approximate surface area is 112 Å². The van der Waals surface area contributed by atoms with Gasteiger partial charge in [0.05, 0.1) is 10.8 Å². The largest absolute Gasteiger partial charge is 0.273 e. The number of fused-ring (bicyclic) bond motifs is 2. The molecule has 1 aliphatic heterocycles. The Morgan fingerprint density at radius 1 is 1.21 bits per heavy atom. The minimum atomic E-state index is 0.00782. The van der Waals surface area contributed by atoms with Gasteiger partial charge in [-0.25, -0.2) is 9.20 Å². The monoisotopic (exact) mass is 273 g/mol. The number of rotatable bonds is 0. The van der Waals surface area contributed by atoms with E-state index in [9.17, 15) is 4.79 Å². The van der Waals surface area contributed by atoms with Gasteiger partial charge >= 0.3 is 0 Å². The summed E-state index contributed by atoms with van der Waals surface area (Å²) in [5.74, 6) is 1.01. The molecule has 4 rings (SSSR count). The van der Waals surface area contributed by atoms with Gasteiger partial charge in [-0.2, -0.15) is 0 Å². The number of pyridine rings is 1. The van der Waals surface area contributed by atoms with E-state index in [0.717, 1.165) is 29.1 Å². The van der Waals surface area contributed by atoms with Crippen LogP contribution in [0.5, 0.6) is 0 Å². The van der Waals surface area contributed by atoms with Crippen molar-refractivity contribution in [2.45, 2.75) is 24.5 Å². The fraction of sp³-hybridized carbons (Fsp3) is 0.333. The van der Waals surface area contributed by atoms with Crippen LogP contribution in [0.1, 0.15) is 12.8 Å². The van der Waals surface area contributed by atoms with Crippen LogP contribution in [-0.2, 0) is 6.54 Å². The zero-order valence-electron chi connectivity index (χ0n) is 10.1. The lowest BCUT2D eigenvalue weighted by atomic mass is 10.2. The Balaban J connectivity index is 2.25. The molecular formula is C12H11N5OS. The summed E-state index contributed by atoms with van der Waals surface area (Å²) in [6.45, 7) is 0.708. The van der Waals surface area contributed by atoms with Crippen LogP contribution in [0.4, 0.5) is 0 Å². The smallest absolute Gasteiger partial charge is 0.267 e. The van der Waals surface area contributed by atoms with Crippen LogP contribution < -0.4 is 5.56 Å².